The smallest absolute Gasteiger partial charge is 0.275 e. The van der Waals surface area contributed by atoms with E-state index in [1.165, 1.54) is 30.6 Å². The maximum Gasteiger partial charge on any atom is 0.275 e. The Morgan fingerprint density at radius 3 is 3.22 bits per heavy atom. The molecule has 0 aliphatic carbocycles. The Bertz CT molecular complexity index is 405. The van der Waals surface area contributed by atoms with Crippen LogP contribution in [0, 0.1) is 5.92 Å². The molecule has 4 nitrogen and oxygen atoms in total. The zero-order valence-corrected chi connectivity index (χ0v) is 11.6. The van der Waals surface area contributed by atoms with Gasteiger partial charge in [0.1, 0.15) is 0 Å². The lowest BCUT2D eigenvalue weighted by Gasteiger charge is -2.16. The predicted octanol–water partition coefficient (Wildman–Crippen LogP) is 1.97. The van der Waals surface area contributed by atoms with E-state index in [0.29, 0.717) is 0 Å². The summed E-state index contributed by atoms with van der Waals surface area (Å²) in [5, 5.41) is 1.96. The van der Waals surface area contributed by atoms with Crippen LogP contribution in [0.15, 0.2) is 11.4 Å². The van der Waals surface area contributed by atoms with Crippen LogP contribution in [0.2, 0.25) is 0 Å². The molecule has 0 aromatic carbocycles. The zero-order valence-electron chi connectivity index (χ0n) is 10.8. The van der Waals surface area contributed by atoms with E-state index in [4.69, 9.17) is 5.84 Å². The largest absolute Gasteiger partial charge is 0.299 e. The van der Waals surface area contributed by atoms with E-state index < -0.39 is 0 Å². The second-order valence-electron chi connectivity index (χ2n) is 4.93. The lowest BCUT2D eigenvalue weighted by atomic mass is 10.0. The van der Waals surface area contributed by atoms with Gasteiger partial charge in [-0.1, -0.05) is 13.3 Å². The lowest BCUT2D eigenvalue weighted by molar-refractivity contribution is 0.0956. The molecule has 1 aliphatic rings. The number of thiophene rings is 1. The molecule has 3 N–H and O–H groups in total. The molecule has 1 aliphatic heterocycles. The molecule has 0 radical (unpaired) electrons. The summed E-state index contributed by atoms with van der Waals surface area (Å²) in [6.07, 6.45) is 3.87. The fourth-order valence-electron chi connectivity index (χ4n) is 2.67. The molecule has 0 bridgehead atoms. The van der Waals surface area contributed by atoms with Gasteiger partial charge < -0.3 is 0 Å². The Morgan fingerprint density at radius 1 is 1.67 bits per heavy atom. The number of hydrogen-bond donors (Lipinski definition) is 2. The summed E-state index contributed by atoms with van der Waals surface area (Å²) < 4.78 is 0. The van der Waals surface area contributed by atoms with Crippen molar-refractivity contribution in [3.05, 3.63) is 21.9 Å². The molecule has 0 saturated carbocycles. The van der Waals surface area contributed by atoms with Gasteiger partial charge in [-0.25, -0.2) is 5.84 Å². The van der Waals surface area contributed by atoms with Gasteiger partial charge in [0.05, 0.1) is 4.88 Å². The molecule has 1 amide bonds. The molecular formula is C13H21N3OS. The SMILES string of the molecule is CCCC1CCN(Cc2ccsc2C(=O)NN)C1. The molecule has 18 heavy (non-hydrogen) atoms. The third-order valence-electron chi connectivity index (χ3n) is 3.54. The van der Waals surface area contributed by atoms with E-state index in [0.717, 1.165) is 36.0 Å². The van der Waals surface area contributed by atoms with Crippen LogP contribution < -0.4 is 11.3 Å². The minimum Gasteiger partial charge on any atom is -0.299 e. The number of nitrogen functional groups attached to an aromatic ring is 1. The van der Waals surface area contributed by atoms with Gasteiger partial charge in [0.25, 0.3) is 5.91 Å². The van der Waals surface area contributed by atoms with Crippen molar-refractivity contribution in [1.29, 1.82) is 0 Å². The van der Waals surface area contributed by atoms with Crippen molar-refractivity contribution in [2.45, 2.75) is 32.7 Å². The van der Waals surface area contributed by atoms with E-state index in [1.807, 2.05) is 11.4 Å². The molecule has 1 aromatic rings. The van der Waals surface area contributed by atoms with Gasteiger partial charge in [0, 0.05) is 13.1 Å². The first-order valence-corrected chi connectivity index (χ1v) is 7.42. The highest BCUT2D eigenvalue weighted by molar-refractivity contribution is 7.12. The Kier molecular flexibility index (Phi) is 4.74. The van der Waals surface area contributed by atoms with Crippen LogP contribution in [0.5, 0.6) is 0 Å². The Balaban J connectivity index is 1.94. The number of likely N-dealkylation sites (tertiary alicyclic amines) is 1. The molecule has 5 heteroatoms. The van der Waals surface area contributed by atoms with Crippen LogP contribution in [-0.2, 0) is 6.54 Å². The molecule has 1 atom stereocenters. The van der Waals surface area contributed by atoms with E-state index in [9.17, 15) is 4.79 Å². The molecular weight excluding hydrogens is 246 g/mol. The summed E-state index contributed by atoms with van der Waals surface area (Å²) in [6, 6.07) is 2.03. The summed E-state index contributed by atoms with van der Waals surface area (Å²) in [6.45, 7) is 5.41. The molecule has 100 valence electrons. The quantitative estimate of drug-likeness (QED) is 0.487. The minimum atomic E-state index is -0.177. The van der Waals surface area contributed by atoms with Crippen molar-refractivity contribution in [3.63, 3.8) is 0 Å². The summed E-state index contributed by atoms with van der Waals surface area (Å²) in [4.78, 5) is 14.8. The van der Waals surface area contributed by atoms with Crippen molar-refractivity contribution in [1.82, 2.24) is 10.3 Å². The van der Waals surface area contributed by atoms with Crippen LogP contribution in [0.25, 0.3) is 0 Å². The predicted molar refractivity (Wildman–Crippen MR) is 74.3 cm³/mol. The van der Waals surface area contributed by atoms with Crippen molar-refractivity contribution in [2.24, 2.45) is 11.8 Å². The molecule has 1 saturated heterocycles. The first-order valence-electron chi connectivity index (χ1n) is 6.54. The van der Waals surface area contributed by atoms with E-state index >= 15 is 0 Å². The van der Waals surface area contributed by atoms with E-state index in [-0.39, 0.29) is 5.91 Å². The number of nitrogens with zero attached hydrogens (tertiary/aromatic N) is 1. The van der Waals surface area contributed by atoms with Crippen molar-refractivity contribution in [3.8, 4) is 0 Å². The van der Waals surface area contributed by atoms with E-state index in [1.54, 1.807) is 0 Å². The maximum absolute atomic E-state index is 11.6. The summed E-state index contributed by atoms with van der Waals surface area (Å²) in [5.41, 5.74) is 3.31. The Labute approximate surface area is 112 Å². The number of rotatable bonds is 5. The highest BCUT2D eigenvalue weighted by Gasteiger charge is 2.23. The molecule has 1 fully saturated rings. The normalized spacial score (nSPS) is 20.2. The van der Waals surface area contributed by atoms with Gasteiger partial charge in [-0.05, 0) is 42.3 Å². The van der Waals surface area contributed by atoms with Gasteiger partial charge in [-0.3, -0.25) is 15.1 Å². The highest BCUT2D eigenvalue weighted by atomic mass is 32.1. The fourth-order valence-corrected chi connectivity index (χ4v) is 3.48. The fraction of sp³-hybridized carbons (Fsp3) is 0.615. The topological polar surface area (TPSA) is 58.4 Å². The molecule has 1 unspecified atom stereocenters. The second kappa shape index (κ2) is 6.31. The van der Waals surface area contributed by atoms with Crippen molar-refractivity contribution < 1.29 is 4.79 Å². The number of carbonyl (C=O) groups is 1. The van der Waals surface area contributed by atoms with Crippen molar-refractivity contribution >= 4 is 17.2 Å². The summed E-state index contributed by atoms with van der Waals surface area (Å²) in [7, 11) is 0. The third-order valence-corrected chi connectivity index (χ3v) is 4.50. The van der Waals surface area contributed by atoms with E-state index in [2.05, 4.69) is 17.2 Å². The molecule has 2 heterocycles. The van der Waals surface area contributed by atoms with Gasteiger partial charge in [0.2, 0.25) is 0 Å². The monoisotopic (exact) mass is 267 g/mol. The molecule has 1 aromatic heterocycles. The number of nitrogens with two attached hydrogens (primary N) is 1. The van der Waals surface area contributed by atoms with Gasteiger partial charge >= 0.3 is 0 Å². The first kappa shape index (κ1) is 13.5. The van der Waals surface area contributed by atoms with Crippen LogP contribution in [0.3, 0.4) is 0 Å². The summed E-state index contributed by atoms with van der Waals surface area (Å²) in [5.74, 6) is 5.85. The van der Waals surface area contributed by atoms with Gasteiger partial charge in [0.15, 0.2) is 0 Å². The summed E-state index contributed by atoms with van der Waals surface area (Å²) >= 11 is 1.46. The number of hydrogen-bond acceptors (Lipinski definition) is 4. The highest BCUT2D eigenvalue weighted by Crippen LogP contribution is 2.25. The second-order valence-corrected chi connectivity index (χ2v) is 5.84. The Morgan fingerprint density at radius 2 is 2.50 bits per heavy atom. The molecule has 0 spiro atoms. The van der Waals surface area contributed by atoms with Crippen LogP contribution in [-0.4, -0.2) is 23.9 Å². The maximum atomic E-state index is 11.6. The van der Waals surface area contributed by atoms with Crippen LogP contribution >= 0.6 is 11.3 Å². The number of amides is 1. The minimum absolute atomic E-state index is 0.177. The van der Waals surface area contributed by atoms with Gasteiger partial charge in [-0.2, -0.15) is 0 Å². The molecule has 2 rings (SSSR count). The van der Waals surface area contributed by atoms with Gasteiger partial charge in [-0.15, -0.1) is 11.3 Å². The zero-order chi connectivity index (χ0) is 13.0. The number of carbonyl (C=O) groups excluding carboxylic acids is 1. The number of hydrazine groups is 1. The average Bonchev–Trinajstić information content (AvgIpc) is 2.99. The standard InChI is InChI=1S/C13H21N3OS/c1-2-3-10-4-6-16(8-10)9-11-5-7-18-12(11)13(17)15-14/h5,7,10H,2-4,6,8-9,14H2,1H3,(H,15,17). The number of nitrogens with one attached hydrogen (secondary N) is 1. The van der Waals surface area contributed by atoms with Crippen molar-refractivity contribution in [2.75, 3.05) is 13.1 Å². The Hall–Kier alpha value is -0.910. The first-order chi connectivity index (χ1) is 8.74. The average molecular weight is 267 g/mol. The third kappa shape index (κ3) is 3.10. The van der Waals surface area contributed by atoms with Crippen LogP contribution in [0.4, 0.5) is 0 Å². The lowest BCUT2D eigenvalue weighted by Crippen LogP contribution is -2.30. The van der Waals surface area contributed by atoms with Crippen LogP contribution in [0.1, 0.15) is 41.4 Å².